The molecule has 3 aromatic rings. The number of aliphatic hydroxyl groups excluding tert-OH is 1. The molecule has 2 aromatic heterocycles. The minimum absolute atomic E-state index is 0.0259. The molecule has 8 heteroatoms. The molecular formula is C24H29N5O3. The second-order valence-electron chi connectivity index (χ2n) is 8.41. The number of nitrogens with zero attached hydrogens (tertiary/aromatic N) is 4. The van der Waals surface area contributed by atoms with Crippen LogP contribution >= 0.6 is 0 Å². The lowest BCUT2D eigenvalue weighted by Crippen LogP contribution is -2.36. The molecule has 2 fully saturated rings. The van der Waals surface area contributed by atoms with E-state index < -0.39 is 0 Å². The largest absolute Gasteiger partial charge is 0.488 e. The van der Waals surface area contributed by atoms with Crippen molar-refractivity contribution in [1.29, 1.82) is 0 Å². The van der Waals surface area contributed by atoms with E-state index in [1.165, 1.54) is 0 Å². The van der Waals surface area contributed by atoms with Gasteiger partial charge in [0.15, 0.2) is 0 Å². The molecule has 32 heavy (non-hydrogen) atoms. The van der Waals surface area contributed by atoms with Crippen molar-refractivity contribution >= 4 is 22.5 Å². The predicted molar refractivity (Wildman–Crippen MR) is 123 cm³/mol. The highest BCUT2D eigenvalue weighted by atomic mass is 16.5. The molecule has 0 unspecified atom stereocenters. The summed E-state index contributed by atoms with van der Waals surface area (Å²) in [4.78, 5) is 15.8. The van der Waals surface area contributed by atoms with Crippen LogP contribution in [0.3, 0.4) is 0 Å². The molecule has 1 saturated heterocycles. The van der Waals surface area contributed by atoms with Crippen molar-refractivity contribution in [3.05, 3.63) is 48.4 Å². The van der Waals surface area contributed by atoms with Gasteiger partial charge in [-0.05, 0) is 49.4 Å². The van der Waals surface area contributed by atoms with E-state index in [1.54, 1.807) is 18.6 Å². The molecule has 1 aromatic carbocycles. The molecule has 8 nitrogen and oxygen atoms in total. The summed E-state index contributed by atoms with van der Waals surface area (Å²) in [6, 6.07) is 8.29. The quantitative estimate of drug-likeness (QED) is 0.610. The average molecular weight is 436 g/mol. The number of aromatic nitrogens is 3. The highest BCUT2D eigenvalue weighted by molar-refractivity contribution is 5.85. The van der Waals surface area contributed by atoms with Crippen molar-refractivity contribution in [3.8, 4) is 5.75 Å². The number of ether oxygens (including phenoxy) is 2. The SMILES string of the molecule is OCc1ccnc(NC2CCC(Oc3cc(N4CCOCC4)cc4nccnc34)CC2)c1. The predicted octanol–water partition coefficient (Wildman–Crippen LogP) is 3.16. The summed E-state index contributed by atoms with van der Waals surface area (Å²) in [5.74, 6) is 1.63. The maximum absolute atomic E-state index is 9.33. The third-order valence-corrected chi connectivity index (χ3v) is 6.23. The smallest absolute Gasteiger partial charge is 0.149 e. The Kier molecular flexibility index (Phi) is 6.31. The molecule has 0 spiro atoms. The van der Waals surface area contributed by atoms with Crippen molar-refractivity contribution in [2.75, 3.05) is 36.5 Å². The van der Waals surface area contributed by atoms with Gasteiger partial charge in [0.25, 0.3) is 0 Å². The van der Waals surface area contributed by atoms with E-state index in [2.05, 4.69) is 37.3 Å². The Morgan fingerprint density at radius 1 is 1.00 bits per heavy atom. The van der Waals surface area contributed by atoms with Crippen LogP contribution in [-0.2, 0) is 11.3 Å². The molecule has 0 radical (unpaired) electrons. The van der Waals surface area contributed by atoms with E-state index in [-0.39, 0.29) is 12.7 Å². The van der Waals surface area contributed by atoms with Gasteiger partial charge in [0, 0.05) is 49.5 Å². The van der Waals surface area contributed by atoms with Gasteiger partial charge >= 0.3 is 0 Å². The Morgan fingerprint density at radius 2 is 1.81 bits per heavy atom. The van der Waals surface area contributed by atoms with Gasteiger partial charge in [0.1, 0.15) is 17.1 Å². The Bertz CT molecular complexity index is 1050. The summed E-state index contributed by atoms with van der Waals surface area (Å²) >= 11 is 0. The van der Waals surface area contributed by atoms with Crippen molar-refractivity contribution in [2.45, 2.75) is 44.4 Å². The van der Waals surface area contributed by atoms with Crippen LogP contribution in [0.5, 0.6) is 5.75 Å². The van der Waals surface area contributed by atoms with E-state index >= 15 is 0 Å². The van der Waals surface area contributed by atoms with Crippen LogP contribution < -0.4 is 15.0 Å². The second kappa shape index (κ2) is 9.67. The zero-order valence-corrected chi connectivity index (χ0v) is 18.1. The fourth-order valence-electron chi connectivity index (χ4n) is 4.49. The number of anilines is 2. The third kappa shape index (κ3) is 4.76. The third-order valence-electron chi connectivity index (χ3n) is 6.23. The number of nitrogens with one attached hydrogen (secondary N) is 1. The number of benzene rings is 1. The van der Waals surface area contributed by atoms with Crippen LogP contribution in [0.15, 0.2) is 42.9 Å². The van der Waals surface area contributed by atoms with Crippen molar-refractivity contribution in [3.63, 3.8) is 0 Å². The molecule has 2 aliphatic rings. The molecule has 2 N–H and O–H groups in total. The maximum Gasteiger partial charge on any atom is 0.149 e. The van der Waals surface area contributed by atoms with Crippen LogP contribution in [0.1, 0.15) is 31.2 Å². The Balaban J connectivity index is 1.26. The van der Waals surface area contributed by atoms with Gasteiger partial charge in [-0.1, -0.05) is 0 Å². The van der Waals surface area contributed by atoms with Crippen LogP contribution in [0, 0.1) is 0 Å². The molecule has 5 rings (SSSR count). The molecule has 3 heterocycles. The number of hydrogen-bond donors (Lipinski definition) is 2. The molecule has 0 atom stereocenters. The van der Waals surface area contributed by atoms with Crippen molar-refractivity contribution in [1.82, 2.24) is 15.0 Å². The number of pyridine rings is 1. The first-order valence-corrected chi connectivity index (χ1v) is 11.3. The monoisotopic (exact) mass is 435 g/mol. The Hall–Kier alpha value is -2.97. The second-order valence-corrected chi connectivity index (χ2v) is 8.41. The first kappa shape index (κ1) is 20.9. The fourth-order valence-corrected chi connectivity index (χ4v) is 4.49. The number of fused-ring (bicyclic) bond motifs is 1. The molecule has 0 bridgehead atoms. The standard InChI is InChI=1S/C24H29N5O3/c30-16-17-5-6-26-23(13-17)28-18-1-3-20(4-2-18)32-22-15-19(29-9-11-31-12-10-29)14-21-24(22)27-8-7-25-21/h5-8,13-15,18,20,30H,1-4,9-12,16H2,(H,26,28). The number of morpholine rings is 1. The van der Waals surface area contributed by atoms with E-state index in [9.17, 15) is 5.11 Å². The molecule has 1 saturated carbocycles. The molecular weight excluding hydrogens is 406 g/mol. The van der Waals surface area contributed by atoms with Gasteiger partial charge in [-0.25, -0.2) is 9.97 Å². The first-order valence-electron chi connectivity index (χ1n) is 11.3. The van der Waals surface area contributed by atoms with Gasteiger partial charge in [0.05, 0.1) is 31.4 Å². The molecule has 1 aliphatic heterocycles. The lowest BCUT2D eigenvalue weighted by molar-refractivity contribution is 0.122. The van der Waals surface area contributed by atoms with E-state index in [0.29, 0.717) is 6.04 Å². The summed E-state index contributed by atoms with van der Waals surface area (Å²) in [5.41, 5.74) is 3.65. The first-order chi connectivity index (χ1) is 15.8. The molecule has 1 aliphatic carbocycles. The van der Waals surface area contributed by atoms with E-state index in [0.717, 1.165) is 85.8 Å². The van der Waals surface area contributed by atoms with Gasteiger partial charge in [-0.3, -0.25) is 4.98 Å². The average Bonchev–Trinajstić information content (AvgIpc) is 2.86. The summed E-state index contributed by atoms with van der Waals surface area (Å²) in [7, 11) is 0. The molecule has 0 amide bonds. The summed E-state index contributed by atoms with van der Waals surface area (Å²) in [6.45, 7) is 3.24. The van der Waals surface area contributed by atoms with Crippen molar-refractivity contribution in [2.24, 2.45) is 0 Å². The van der Waals surface area contributed by atoms with Gasteiger partial charge in [-0.15, -0.1) is 0 Å². The van der Waals surface area contributed by atoms with Crippen molar-refractivity contribution < 1.29 is 14.6 Å². The van der Waals surface area contributed by atoms with Crippen LogP contribution in [0.2, 0.25) is 0 Å². The van der Waals surface area contributed by atoms with Crippen LogP contribution in [0.25, 0.3) is 11.0 Å². The van der Waals surface area contributed by atoms with E-state index in [4.69, 9.17) is 9.47 Å². The zero-order chi connectivity index (χ0) is 21.8. The number of hydrogen-bond acceptors (Lipinski definition) is 8. The lowest BCUT2D eigenvalue weighted by Gasteiger charge is -2.31. The molecule has 168 valence electrons. The number of rotatable bonds is 6. The highest BCUT2D eigenvalue weighted by Crippen LogP contribution is 2.33. The van der Waals surface area contributed by atoms with E-state index in [1.807, 2.05) is 12.1 Å². The fraction of sp³-hybridized carbons (Fsp3) is 0.458. The van der Waals surface area contributed by atoms with Gasteiger partial charge < -0.3 is 24.8 Å². The summed E-state index contributed by atoms with van der Waals surface area (Å²) in [5, 5.41) is 12.8. The lowest BCUT2D eigenvalue weighted by atomic mass is 9.93. The topological polar surface area (TPSA) is 92.6 Å². The van der Waals surface area contributed by atoms with Crippen LogP contribution in [0.4, 0.5) is 11.5 Å². The maximum atomic E-state index is 9.33. The summed E-state index contributed by atoms with van der Waals surface area (Å²) in [6.07, 6.45) is 9.25. The minimum Gasteiger partial charge on any atom is -0.488 e. The minimum atomic E-state index is 0.0259. The zero-order valence-electron chi connectivity index (χ0n) is 18.1. The normalized spacial score (nSPS) is 21.5. The summed E-state index contributed by atoms with van der Waals surface area (Å²) < 4.78 is 12.0. The number of aliphatic hydroxyl groups is 1. The Labute approximate surface area is 187 Å². The Morgan fingerprint density at radius 3 is 2.62 bits per heavy atom. The van der Waals surface area contributed by atoms with Gasteiger partial charge in [0.2, 0.25) is 0 Å². The van der Waals surface area contributed by atoms with Crippen LogP contribution in [-0.4, -0.2) is 58.5 Å². The highest BCUT2D eigenvalue weighted by Gasteiger charge is 2.24. The van der Waals surface area contributed by atoms with Gasteiger partial charge in [-0.2, -0.15) is 0 Å².